The van der Waals surface area contributed by atoms with Crippen LogP contribution in [0.3, 0.4) is 0 Å². The van der Waals surface area contributed by atoms with Crippen molar-refractivity contribution in [2.45, 2.75) is 39.3 Å². The monoisotopic (exact) mass is 297 g/mol. The highest BCUT2D eigenvalue weighted by molar-refractivity contribution is 5.76. The number of benzene rings is 2. The Morgan fingerprint density at radius 1 is 1.00 bits per heavy atom. The number of carbonyl (C=O) groups is 1. The molecule has 0 atom stereocenters. The highest BCUT2D eigenvalue weighted by Gasteiger charge is 2.03. The molecule has 0 spiro atoms. The normalized spacial score (nSPS) is 10.5. The van der Waals surface area contributed by atoms with E-state index >= 15 is 0 Å². The molecule has 0 aliphatic heterocycles. The van der Waals surface area contributed by atoms with Crippen LogP contribution in [0.5, 0.6) is 5.75 Å². The Labute approximate surface area is 132 Å². The maximum absolute atomic E-state index is 11.9. The Balaban J connectivity index is 1.74. The number of hydrogen-bond acceptors (Lipinski definition) is 2. The lowest BCUT2D eigenvalue weighted by molar-refractivity contribution is -0.121. The van der Waals surface area contributed by atoms with Crippen molar-refractivity contribution in [3.63, 3.8) is 0 Å². The van der Waals surface area contributed by atoms with E-state index in [4.69, 9.17) is 4.74 Å². The molecule has 1 amide bonds. The molecule has 3 nitrogen and oxygen atoms in total. The first kappa shape index (κ1) is 16.1. The quantitative estimate of drug-likeness (QED) is 0.846. The van der Waals surface area contributed by atoms with Crippen LogP contribution < -0.4 is 10.1 Å². The SMILES string of the molecule is CC(C)Oc1ccc(CNC(=O)CCc2ccccc2)cc1. The lowest BCUT2D eigenvalue weighted by atomic mass is 10.1. The molecule has 0 aliphatic carbocycles. The van der Waals surface area contributed by atoms with E-state index < -0.39 is 0 Å². The van der Waals surface area contributed by atoms with Crippen LogP contribution in [0, 0.1) is 0 Å². The zero-order chi connectivity index (χ0) is 15.8. The largest absolute Gasteiger partial charge is 0.491 e. The van der Waals surface area contributed by atoms with E-state index in [2.05, 4.69) is 5.32 Å². The number of nitrogens with one attached hydrogen (secondary N) is 1. The zero-order valence-corrected chi connectivity index (χ0v) is 13.2. The van der Waals surface area contributed by atoms with E-state index in [1.807, 2.05) is 68.4 Å². The van der Waals surface area contributed by atoms with E-state index in [1.165, 1.54) is 5.56 Å². The molecule has 0 saturated carbocycles. The van der Waals surface area contributed by atoms with Crippen LogP contribution in [0.25, 0.3) is 0 Å². The summed E-state index contributed by atoms with van der Waals surface area (Å²) in [4.78, 5) is 11.9. The van der Waals surface area contributed by atoms with Crippen LogP contribution in [0.15, 0.2) is 54.6 Å². The number of rotatable bonds is 7. The molecule has 22 heavy (non-hydrogen) atoms. The number of carbonyl (C=O) groups excluding carboxylic acids is 1. The summed E-state index contributed by atoms with van der Waals surface area (Å²) in [6.07, 6.45) is 1.45. The topological polar surface area (TPSA) is 38.3 Å². The maximum atomic E-state index is 11.9. The first-order valence-corrected chi connectivity index (χ1v) is 7.69. The van der Waals surface area contributed by atoms with Gasteiger partial charge in [0.05, 0.1) is 6.10 Å². The Hall–Kier alpha value is -2.29. The van der Waals surface area contributed by atoms with Gasteiger partial charge in [-0.25, -0.2) is 0 Å². The lowest BCUT2D eigenvalue weighted by Gasteiger charge is -2.10. The van der Waals surface area contributed by atoms with Crippen molar-refractivity contribution in [2.75, 3.05) is 0 Å². The molecule has 2 aromatic rings. The fraction of sp³-hybridized carbons (Fsp3) is 0.316. The van der Waals surface area contributed by atoms with Crippen LogP contribution in [0.2, 0.25) is 0 Å². The van der Waals surface area contributed by atoms with Gasteiger partial charge in [0.25, 0.3) is 0 Å². The first-order valence-electron chi connectivity index (χ1n) is 7.69. The Kier molecular flexibility index (Phi) is 6.01. The van der Waals surface area contributed by atoms with E-state index in [9.17, 15) is 4.79 Å². The molecule has 0 bridgehead atoms. The van der Waals surface area contributed by atoms with Crippen molar-refractivity contribution in [3.8, 4) is 5.75 Å². The van der Waals surface area contributed by atoms with Gasteiger partial charge in [-0.15, -0.1) is 0 Å². The molecule has 0 radical (unpaired) electrons. The second-order valence-electron chi connectivity index (χ2n) is 5.57. The summed E-state index contributed by atoms with van der Waals surface area (Å²) in [5.41, 5.74) is 2.26. The Morgan fingerprint density at radius 2 is 1.68 bits per heavy atom. The predicted octanol–water partition coefficient (Wildman–Crippen LogP) is 3.72. The smallest absolute Gasteiger partial charge is 0.220 e. The molecule has 116 valence electrons. The van der Waals surface area contributed by atoms with Crippen LogP contribution in [0.4, 0.5) is 0 Å². The van der Waals surface area contributed by atoms with Gasteiger partial charge >= 0.3 is 0 Å². The van der Waals surface area contributed by atoms with Crippen LogP contribution >= 0.6 is 0 Å². The second-order valence-corrected chi connectivity index (χ2v) is 5.57. The molecule has 0 heterocycles. The molecule has 2 rings (SSSR count). The van der Waals surface area contributed by atoms with E-state index in [-0.39, 0.29) is 12.0 Å². The van der Waals surface area contributed by atoms with Crippen LogP contribution in [0.1, 0.15) is 31.4 Å². The van der Waals surface area contributed by atoms with Gasteiger partial charge in [0, 0.05) is 13.0 Å². The molecule has 3 heteroatoms. The van der Waals surface area contributed by atoms with Crippen molar-refractivity contribution < 1.29 is 9.53 Å². The fourth-order valence-corrected chi connectivity index (χ4v) is 2.15. The number of hydrogen-bond donors (Lipinski definition) is 1. The third-order valence-electron chi connectivity index (χ3n) is 3.27. The van der Waals surface area contributed by atoms with E-state index in [1.54, 1.807) is 0 Å². The highest BCUT2D eigenvalue weighted by Crippen LogP contribution is 2.13. The summed E-state index contributed by atoms with van der Waals surface area (Å²) in [5, 5.41) is 2.95. The molecule has 0 fully saturated rings. The summed E-state index contributed by atoms with van der Waals surface area (Å²) >= 11 is 0. The number of aryl methyl sites for hydroxylation is 1. The van der Waals surface area contributed by atoms with Gasteiger partial charge in [-0.2, -0.15) is 0 Å². The number of ether oxygens (including phenoxy) is 1. The Bertz CT molecular complexity index is 576. The minimum Gasteiger partial charge on any atom is -0.491 e. The van der Waals surface area contributed by atoms with Crippen molar-refractivity contribution in [1.29, 1.82) is 0 Å². The Morgan fingerprint density at radius 3 is 2.32 bits per heavy atom. The van der Waals surface area contributed by atoms with Crippen molar-refractivity contribution in [3.05, 3.63) is 65.7 Å². The first-order chi connectivity index (χ1) is 10.6. The van der Waals surface area contributed by atoms with Gasteiger partial charge in [-0.05, 0) is 43.5 Å². The summed E-state index contributed by atoms with van der Waals surface area (Å²) < 4.78 is 5.59. The van der Waals surface area contributed by atoms with Gasteiger partial charge in [0.1, 0.15) is 5.75 Å². The molecule has 1 N–H and O–H groups in total. The van der Waals surface area contributed by atoms with Crippen molar-refractivity contribution in [1.82, 2.24) is 5.32 Å². The molecule has 0 aliphatic rings. The van der Waals surface area contributed by atoms with Gasteiger partial charge in [-0.3, -0.25) is 4.79 Å². The van der Waals surface area contributed by atoms with Crippen molar-refractivity contribution in [2.24, 2.45) is 0 Å². The molecular formula is C19H23NO2. The van der Waals surface area contributed by atoms with Gasteiger partial charge < -0.3 is 10.1 Å². The average Bonchev–Trinajstić information content (AvgIpc) is 2.53. The van der Waals surface area contributed by atoms with Gasteiger partial charge in [-0.1, -0.05) is 42.5 Å². The summed E-state index contributed by atoms with van der Waals surface area (Å²) in [7, 11) is 0. The van der Waals surface area contributed by atoms with Crippen LogP contribution in [-0.4, -0.2) is 12.0 Å². The average molecular weight is 297 g/mol. The van der Waals surface area contributed by atoms with Gasteiger partial charge in [0.15, 0.2) is 0 Å². The fourth-order valence-electron chi connectivity index (χ4n) is 2.15. The third-order valence-corrected chi connectivity index (χ3v) is 3.27. The maximum Gasteiger partial charge on any atom is 0.220 e. The molecule has 2 aromatic carbocycles. The predicted molar refractivity (Wildman–Crippen MR) is 88.8 cm³/mol. The number of amides is 1. The minimum atomic E-state index is 0.0753. The van der Waals surface area contributed by atoms with Crippen molar-refractivity contribution >= 4 is 5.91 Å². The zero-order valence-electron chi connectivity index (χ0n) is 13.2. The minimum absolute atomic E-state index is 0.0753. The third kappa shape index (κ3) is 5.60. The second kappa shape index (κ2) is 8.23. The van der Waals surface area contributed by atoms with E-state index in [0.717, 1.165) is 17.7 Å². The van der Waals surface area contributed by atoms with E-state index in [0.29, 0.717) is 13.0 Å². The standard InChI is InChI=1S/C19H23NO2/c1-15(2)22-18-11-8-17(9-12-18)14-20-19(21)13-10-16-6-4-3-5-7-16/h3-9,11-12,15H,10,13-14H2,1-2H3,(H,20,21). The molecule has 0 unspecified atom stereocenters. The summed E-state index contributed by atoms with van der Waals surface area (Å²) in [5.74, 6) is 0.931. The molecule has 0 aromatic heterocycles. The van der Waals surface area contributed by atoms with Crippen LogP contribution in [-0.2, 0) is 17.8 Å². The summed E-state index contributed by atoms with van der Waals surface area (Å²) in [6.45, 7) is 4.55. The summed E-state index contributed by atoms with van der Waals surface area (Å²) in [6, 6.07) is 17.9. The van der Waals surface area contributed by atoms with Gasteiger partial charge in [0.2, 0.25) is 5.91 Å². The molecule has 0 saturated heterocycles. The lowest BCUT2D eigenvalue weighted by Crippen LogP contribution is -2.22. The highest BCUT2D eigenvalue weighted by atomic mass is 16.5. The molecular weight excluding hydrogens is 274 g/mol.